The SMILES string of the molecule is Cc1cc(C)n(-c2cccc(C(CC(=O)Cl)CN3CC[C@@H](CCc4ccc5c(n4)NCCC5)C3)c2)n1. The fourth-order valence-corrected chi connectivity index (χ4v) is 5.95. The van der Waals surface area contributed by atoms with Crippen molar-refractivity contribution in [1.29, 1.82) is 0 Å². The highest BCUT2D eigenvalue weighted by Gasteiger charge is 2.26. The Bertz CT molecular complexity index is 1220. The molecule has 1 N–H and O–H groups in total. The van der Waals surface area contributed by atoms with E-state index in [0.29, 0.717) is 12.3 Å². The van der Waals surface area contributed by atoms with Crippen molar-refractivity contribution in [3.05, 3.63) is 70.7 Å². The number of likely N-dealkylation sites (tertiary alicyclic amines) is 1. The molecule has 7 heteroatoms. The van der Waals surface area contributed by atoms with Gasteiger partial charge in [0.1, 0.15) is 5.82 Å². The van der Waals surface area contributed by atoms with Crippen LogP contribution in [0.3, 0.4) is 0 Å². The Morgan fingerprint density at radius 1 is 1.22 bits per heavy atom. The average Bonchev–Trinajstić information content (AvgIpc) is 3.47. The first-order chi connectivity index (χ1) is 17.4. The number of nitrogens with one attached hydrogen (secondary N) is 1. The van der Waals surface area contributed by atoms with Crippen LogP contribution in [0.1, 0.15) is 59.8 Å². The zero-order valence-corrected chi connectivity index (χ0v) is 22.1. The number of pyridine rings is 1. The first kappa shape index (κ1) is 25.0. The third-order valence-corrected chi connectivity index (χ3v) is 7.77. The zero-order valence-electron chi connectivity index (χ0n) is 21.3. The Balaban J connectivity index is 1.21. The van der Waals surface area contributed by atoms with E-state index in [-0.39, 0.29) is 11.2 Å². The van der Waals surface area contributed by atoms with Gasteiger partial charge >= 0.3 is 0 Å². The van der Waals surface area contributed by atoms with E-state index in [4.69, 9.17) is 16.6 Å². The molecule has 0 spiro atoms. The van der Waals surface area contributed by atoms with Gasteiger partial charge in [-0.05, 0) is 105 Å². The number of nitrogens with zero attached hydrogens (tertiary/aromatic N) is 4. The van der Waals surface area contributed by atoms with E-state index in [2.05, 4.69) is 64.7 Å². The van der Waals surface area contributed by atoms with Crippen molar-refractivity contribution in [3.63, 3.8) is 0 Å². The number of aryl methyl sites for hydroxylation is 4. The fourth-order valence-electron chi connectivity index (χ4n) is 5.77. The number of fused-ring (bicyclic) bond motifs is 1. The summed E-state index contributed by atoms with van der Waals surface area (Å²) >= 11 is 5.90. The van der Waals surface area contributed by atoms with E-state index in [0.717, 1.165) is 73.9 Å². The molecule has 0 saturated carbocycles. The monoisotopic (exact) mass is 505 g/mol. The number of benzene rings is 1. The van der Waals surface area contributed by atoms with Gasteiger partial charge in [-0.3, -0.25) is 4.79 Å². The first-order valence-corrected chi connectivity index (χ1v) is 13.6. The smallest absolute Gasteiger partial charge is 0.222 e. The molecule has 2 aliphatic heterocycles. The summed E-state index contributed by atoms with van der Waals surface area (Å²) in [6.07, 6.45) is 6.01. The van der Waals surface area contributed by atoms with Crippen LogP contribution >= 0.6 is 11.6 Å². The molecule has 0 bridgehead atoms. The van der Waals surface area contributed by atoms with Gasteiger partial charge in [0.2, 0.25) is 5.24 Å². The zero-order chi connectivity index (χ0) is 25.1. The van der Waals surface area contributed by atoms with E-state index in [1.807, 2.05) is 11.6 Å². The third-order valence-electron chi connectivity index (χ3n) is 7.61. The highest BCUT2D eigenvalue weighted by atomic mass is 35.5. The molecular weight excluding hydrogens is 470 g/mol. The molecule has 4 heterocycles. The van der Waals surface area contributed by atoms with Gasteiger partial charge in [0.15, 0.2) is 0 Å². The molecule has 0 aliphatic carbocycles. The minimum absolute atomic E-state index is 0.0686. The predicted molar refractivity (Wildman–Crippen MR) is 145 cm³/mol. The number of anilines is 1. The van der Waals surface area contributed by atoms with Gasteiger partial charge in [0, 0.05) is 43.4 Å². The van der Waals surface area contributed by atoms with Crippen molar-refractivity contribution in [2.45, 2.75) is 58.3 Å². The summed E-state index contributed by atoms with van der Waals surface area (Å²) in [5, 5.41) is 7.80. The van der Waals surface area contributed by atoms with Crippen LogP contribution in [0.2, 0.25) is 0 Å². The van der Waals surface area contributed by atoms with Crippen LogP contribution < -0.4 is 5.32 Å². The van der Waals surface area contributed by atoms with Crippen molar-refractivity contribution in [2.75, 3.05) is 31.5 Å². The lowest BCUT2D eigenvalue weighted by molar-refractivity contribution is -0.112. The number of halogens is 1. The molecule has 1 fully saturated rings. The Morgan fingerprint density at radius 3 is 2.92 bits per heavy atom. The molecule has 3 aromatic rings. The maximum Gasteiger partial charge on any atom is 0.222 e. The number of hydrogen-bond acceptors (Lipinski definition) is 5. The summed E-state index contributed by atoms with van der Waals surface area (Å²) in [4.78, 5) is 19.3. The van der Waals surface area contributed by atoms with E-state index >= 15 is 0 Å². The molecule has 2 atom stereocenters. The van der Waals surface area contributed by atoms with Crippen LogP contribution in [0.5, 0.6) is 0 Å². The van der Waals surface area contributed by atoms with E-state index in [1.165, 1.54) is 24.1 Å². The largest absolute Gasteiger partial charge is 0.370 e. The summed E-state index contributed by atoms with van der Waals surface area (Å²) in [6, 6.07) is 14.9. The standard InChI is InChI=1S/C29H36ClN5O/c1-20-15-21(2)35(33-20)27-7-3-5-24(16-27)25(17-28(30)36)19-34-14-12-22(18-34)8-10-26-11-9-23-6-4-13-31-29(23)32-26/h3,5,7,9,11,15-16,22,25H,4,6,8,10,12-14,17-19H2,1-2H3,(H,31,32)/t22-,25?/m1/s1. The van der Waals surface area contributed by atoms with Gasteiger partial charge in [0.25, 0.3) is 0 Å². The molecule has 190 valence electrons. The molecule has 2 aromatic heterocycles. The second kappa shape index (κ2) is 11.1. The van der Waals surface area contributed by atoms with Crippen molar-refractivity contribution in [2.24, 2.45) is 5.92 Å². The summed E-state index contributed by atoms with van der Waals surface area (Å²) in [5.41, 5.74) is 6.79. The molecule has 36 heavy (non-hydrogen) atoms. The number of aromatic nitrogens is 3. The van der Waals surface area contributed by atoms with Gasteiger partial charge in [-0.1, -0.05) is 18.2 Å². The van der Waals surface area contributed by atoms with Gasteiger partial charge in [0.05, 0.1) is 11.4 Å². The van der Waals surface area contributed by atoms with Crippen molar-refractivity contribution >= 4 is 22.7 Å². The van der Waals surface area contributed by atoms with E-state index in [1.54, 1.807) is 0 Å². The summed E-state index contributed by atoms with van der Waals surface area (Å²) in [5.74, 6) is 1.81. The Morgan fingerprint density at radius 2 is 2.11 bits per heavy atom. The van der Waals surface area contributed by atoms with Crippen molar-refractivity contribution in [3.8, 4) is 5.69 Å². The minimum atomic E-state index is -0.278. The number of hydrogen-bond donors (Lipinski definition) is 1. The molecule has 1 saturated heterocycles. The topological polar surface area (TPSA) is 63.1 Å². The molecular formula is C29H36ClN5O. The Kier molecular flexibility index (Phi) is 7.73. The average molecular weight is 506 g/mol. The summed E-state index contributed by atoms with van der Waals surface area (Å²) in [6.45, 7) is 8.06. The van der Waals surface area contributed by atoms with Crippen molar-refractivity contribution in [1.82, 2.24) is 19.7 Å². The molecule has 6 nitrogen and oxygen atoms in total. The van der Waals surface area contributed by atoms with Crippen molar-refractivity contribution < 1.29 is 4.79 Å². The highest BCUT2D eigenvalue weighted by molar-refractivity contribution is 6.63. The lowest BCUT2D eigenvalue weighted by Gasteiger charge is -2.24. The molecule has 2 aliphatic rings. The molecule has 5 rings (SSSR count). The van der Waals surface area contributed by atoms with Gasteiger partial charge in [-0.15, -0.1) is 0 Å². The number of carbonyl (C=O) groups excluding carboxylic acids is 1. The van der Waals surface area contributed by atoms with Gasteiger partial charge in [-0.25, -0.2) is 9.67 Å². The summed E-state index contributed by atoms with van der Waals surface area (Å²) < 4.78 is 1.97. The van der Waals surface area contributed by atoms with Gasteiger partial charge in [-0.2, -0.15) is 5.10 Å². The second-order valence-corrected chi connectivity index (χ2v) is 10.9. The Labute approximate surface area is 219 Å². The van der Waals surface area contributed by atoms with E-state index < -0.39 is 0 Å². The molecule has 1 aromatic carbocycles. The lowest BCUT2D eigenvalue weighted by atomic mass is 9.95. The summed E-state index contributed by atoms with van der Waals surface area (Å²) in [7, 11) is 0. The molecule has 1 unspecified atom stereocenters. The normalized spacial score (nSPS) is 18.6. The highest BCUT2D eigenvalue weighted by Crippen LogP contribution is 2.29. The first-order valence-electron chi connectivity index (χ1n) is 13.2. The van der Waals surface area contributed by atoms with Crippen LogP contribution in [0.4, 0.5) is 5.82 Å². The van der Waals surface area contributed by atoms with Crippen LogP contribution in [0.15, 0.2) is 42.5 Å². The quantitative estimate of drug-likeness (QED) is 0.392. The lowest BCUT2D eigenvalue weighted by Crippen LogP contribution is -2.27. The Hall–Kier alpha value is -2.70. The molecule has 0 radical (unpaired) electrons. The van der Waals surface area contributed by atoms with E-state index in [9.17, 15) is 4.79 Å². The van der Waals surface area contributed by atoms with Crippen LogP contribution in [-0.2, 0) is 17.6 Å². The van der Waals surface area contributed by atoms with Crippen LogP contribution in [-0.4, -0.2) is 51.1 Å². The second-order valence-electron chi connectivity index (χ2n) is 10.5. The van der Waals surface area contributed by atoms with Crippen LogP contribution in [0, 0.1) is 19.8 Å². The maximum absolute atomic E-state index is 12.0. The number of rotatable bonds is 9. The molecule has 0 amide bonds. The third kappa shape index (κ3) is 5.98. The predicted octanol–water partition coefficient (Wildman–Crippen LogP) is 5.44. The minimum Gasteiger partial charge on any atom is -0.370 e. The fraction of sp³-hybridized carbons (Fsp3) is 0.483. The number of carbonyl (C=O) groups is 1. The maximum atomic E-state index is 12.0. The van der Waals surface area contributed by atoms with Crippen LogP contribution in [0.25, 0.3) is 5.69 Å². The van der Waals surface area contributed by atoms with Gasteiger partial charge < -0.3 is 10.2 Å².